The maximum Gasteiger partial charge on any atom is 0.320 e. The molecule has 1 aliphatic rings. The molecule has 5 heteroatoms. The van der Waals surface area contributed by atoms with Crippen LogP contribution in [0.15, 0.2) is 12.3 Å². The van der Waals surface area contributed by atoms with E-state index in [1.807, 2.05) is 17.8 Å². The van der Waals surface area contributed by atoms with E-state index in [1.165, 1.54) is 5.56 Å². The lowest BCUT2D eigenvalue weighted by molar-refractivity contribution is -0.138. The van der Waals surface area contributed by atoms with E-state index in [0.717, 1.165) is 29.2 Å². The summed E-state index contributed by atoms with van der Waals surface area (Å²) < 4.78 is 0. The van der Waals surface area contributed by atoms with Crippen LogP contribution < -0.4 is 5.73 Å². The van der Waals surface area contributed by atoms with Crippen molar-refractivity contribution in [3.8, 4) is 0 Å². The maximum absolute atomic E-state index is 10.6. The molecule has 2 heterocycles. The standard InChI is InChI=1S/C11H14N2O2S/c12-9(11(14)15)4-7-3-8-6-16-2-1-10(8)13-5-7/h3,5,9H,1-2,4,6,12H2,(H,14,15). The van der Waals surface area contributed by atoms with Crippen LogP contribution in [0.5, 0.6) is 0 Å². The van der Waals surface area contributed by atoms with Crippen LogP contribution in [-0.4, -0.2) is 27.9 Å². The number of carbonyl (C=O) groups is 1. The molecule has 0 saturated carbocycles. The van der Waals surface area contributed by atoms with E-state index in [-0.39, 0.29) is 0 Å². The zero-order valence-corrected chi connectivity index (χ0v) is 9.67. The number of nitrogens with two attached hydrogens (primary N) is 1. The fraction of sp³-hybridized carbons (Fsp3) is 0.455. The zero-order chi connectivity index (χ0) is 11.5. The number of fused-ring (bicyclic) bond motifs is 1. The summed E-state index contributed by atoms with van der Waals surface area (Å²) in [4.78, 5) is 15.0. The number of aryl methyl sites for hydroxylation is 1. The molecule has 16 heavy (non-hydrogen) atoms. The number of carboxylic acid groups (broad SMARTS) is 1. The number of pyridine rings is 1. The predicted octanol–water partition coefficient (Wildman–Crippen LogP) is 0.825. The molecule has 0 aromatic carbocycles. The summed E-state index contributed by atoms with van der Waals surface area (Å²) >= 11 is 1.88. The van der Waals surface area contributed by atoms with Crippen molar-refractivity contribution in [1.82, 2.24) is 4.98 Å². The van der Waals surface area contributed by atoms with Gasteiger partial charge in [0.2, 0.25) is 0 Å². The first kappa shape index (κ1) is 11.4. The third-order valence-electron chi connectivity index (χ3n) is 2.63. The molecule has 86 valence electrons. The molecule has 0 saturated heterocycles. The van der Waals surface area contributed by atoms with Crippen molar-refractivity contribution in [3.63, 3.8) is 0 Å². The van der Waals surface area contributed by atoms with Crippen molar-refractivity contribution in [3.05, 3.63) is 29.1 Å². The van der Waals surface area contributed by atoms with Crippen LogP contribution in [0.3, 0.4) is 0 Å². The Morgan fingerprint density at radius 1 is 1.69 bits per heavy atom. The van der Waals surface area contributed by atoms with Crippen LogP contribution in [-0.2, 0) is 23.4 Å². The fourth-order valence-electron chi connectivity index (χ4n) is 1.74. The van der Waals surface area contributed by atoms with E-state index < -0.39 is 12.0 Å². The summed E-state index contributed by atoms with van der Waals surface area (Å²) in [5.41, 5.74) is 8.78. The van der Waals surface area contributed by atoms with Crippen molar-refractivity contribution in [2.75, 3.05) is 5.75 Å². The summed E-state index contributed by atoms with van der Waals surface area (Å²) in [6, 6.07) is 1.20. The van der Waals surface area contributed by atoms with Crippen molar-refractivity contribution < 1.29 is 9.90 Å². The van der Waals surface area contributed by atoms with Crippen molar-refractivity contribution in [2.24, 2.45) is 5.73 Å². The summed E-state index contributed by atoms with van der Waals surface area (Å²) in [7, 11) is 0. The summed E-state index contributed by atoms with van der Waals surface area (Å²) in [5.74, 6) is 1.12. The topological polar surface area (TPSA) is 76.2 Å². The minimum absolute atomic E-state index is 0.347. The summed E-state index contributed by atoms with van der Waals surface area (Å²) in [6.45, 7) is 0. The molecular weight excluding hydrogens is 224 g/mol. The van der Waals surface area contributed by atoms with Gasteiger partial charge in [-0.15, -0.1) is 0 Å². The second-order valence-corrected chi connectivity index (χ2v) is 5.01. The number of thioether (sulfide) groups is 1. The molecule has 1 aliphatic heterocycles. The average Bonchev–Trinajstić information content (AvgIpc) is 2.28. The Hall–Kier alpha value is -1.07. The van der Waals surface area contributed by atoms with Crippen LogP contribution in [0.2, 0.25) is 0 Å². The van der Waals surface area contributed by atoms with Crippen molar-refractivity contribution in [2.45, 2.75) is 24.6 Å². The first-order valence-corrected chi connectivity index (χ1v) is 6.35. The second-order valence-electron chi connectivity index (χ2n) is 3.90. The first-order chi connectivity index (χ1) is 7.66. The Bertz CT molecular complexity index is 409. The van der Waals surface area contributed by atoms with Gasteiger partial charge in [0, 0.05) is 17.6 Å². The third kappa shape index (κ3) is 2.54. The van der Waals surface area contributed by atoms with Gasteiger partial charge in [-0.25, -0.2) is 0 Å². The molecule has 0 spiro atoms. The SMILES string of the molecule is NC(Cc1cnc2c(c1)CSCC2)C(=O)O. The average molecular weight is 238 g/mol. The minimum atomic E-state index is -0.966. The first-order valence-electron chi connectivity index (χ1n) is 5.19. The number of carboxylic acids is 1. The lowest BCUT2D eigenvalue weighted by Gasteiger charge is -2.15. The van der Waals surface area contributed by atoms with Gasteiger partial charge in [-0.05, 0) is 29.7 Å². The lowest BCUT2D eigenvalue weighted by atomic mass is 10.0. The minimum Gasteiger partial charge on any atom is -0.480 e. The van der Waals surface area contributed by atoms with Gasteiger partial charge in [-0.3, -0.25) is 9.78 Å². The molecule has 4 nitrogen and oxygen atoms in total. The lowest BCUT2D eigenvalue weighted by Crippen LogP contribution is -2.32. The largest absolute Gasteiger partial charge is 0.480 e. The molecule has 2 rings (SSSR count). The maximum atomic E-state index is 10.6. The predicted molar refractivity (Wildman–Crippen MR) is 63.4 cm³/mol. The molecule has 0 fully saturated rings. The molecule has 1 aromatic rings. The van der Waals surface area contributed by atoms with Crippen LogP contribution in [0.4, 0.5) is 0 Å². The highest BCUT2D eigenvalue weighted by Crippen LogP contribution is 2.23. The number of hydrogen-bond donors (Lipinski definition) is 2. The molecular formula is C11H14N2O2S. The van der Waals surface area contributed by atoms with E-state index >= 15 is 0 Å². The number of nitrogens with zero attached hydrogens (tertiary/aromatic N) is 1. The molecule has 1 atom stereocenters. The normalized spacial score (nSPS) is 16.6. The smallest absolute Gasteiger partial charge is 0.320 e. The number of rotatable bonds is 3. The molecule has 3 N–H and O–H groups in total. The van der Waals surface area contributed by atoms with E-state index in [1.54, 1.807) is 6.20 Å². The third-order valence-corrected chi connectivity index (χ3v) is 3.64. The number of aliphatic carboxylic acids is 1. The van der Waals surface area contributed by atoms with E-state index in [9.17, 15) is 4.79 Å². The molecule has 0 radical (unpaired) electrons. The van der Waals surface area contributed by atoms with Gasteiger partial charge >= 0.3 is 5.97 Å². The van der Waals surface area contributed by atoms with Gasteiger partial charge in [-0.1, -0.05) is 6.07 Å². The van der Waals surface area contributed by atoms with Gasteiger partial charge in [-0.2, -0.15) is 11.8 Å². The Labute approximate surface area is 98.3 Å². The summed E-state index contributed by atoms with van der Waals surface area (Å²) in [6.07, 6.45) is 3.10. The molecule has 1 unspecified atom stereocenters. The molecule has 1 aromatic heterocycles. The Kier molecular flexibility index (Phi) is 3.46. The molecule has 0 amide bonds. The Morgan fingerprint density at radius 2 is 2.50 bits per heavy atom. The Balaban J connectivity index is 2.14. The highest BCUT2D eigenvalue weighted by molar-refractivity contribution is 7.98. The molecule has 0 aliphatic carbocycles. The van der Waals surface area contributed by atoms with Crippen molar-refractivity contribution in [1.29, 1.82) is 0 Å². The Morgan fingerprint density at radius 3 is 3.25 bits per heavy atom. The number of hydrogen-bond acceptors (Lipinski definition) is 4. The monoisotopic (exact) mass is 238 g/mol. The highest BCUT2D eigenvalue weighted by atomic mass is 32.2. The van der Waals surface area contributed by atoms with E-state index in [2.05, 4.69) is 4.98 Å². The van der Waals surface area contributed by atoms with Crippen molar-refractivity contribution >= 4 is 17.7 Å². The second kappa shape index (κ2) is 4.84. The van der Waals surface area contributed by atoms with Gasteiger partial charge in [0.1, 0.15) is 6.04 Å². The van der Waals surface area contributed by atoms with Gasteiger partial charge in [0.05, 0.1) is 0 Å². The van der Waals surface area contributed by atoms with Crippen LogP contribution >= 0.6 is 11.8 Å². The van der Waals surface area contributed by atoms with Crippen LogP contribution in [0.1, 0.15) is 16.8 Å². The van der Waals surface area contributed by atoms with Crippen LogP contribution in [0.25, 0.3) is 0 Å². The quantitative estimate of drug-likeness (QED) is 0.815. The van der Waals surface area contributed by atoms with Gasteiger partial charge in [0.15, 0.2) is 0 Å². The fourth-order valence-corrected chi connectivity index (χ4v) is 2.69. The molecule has 0 bridgehead atoms. The van der Waals surface area contributed by atoms with Gasteiger partial charge < -0.3 is 10.8 Å². The van der Waals surface area contributed by atoms with Crippen LogP contribution in [0, 0.1) is 0 Å². The zero-order valence-electron chi connectivity index (χ0n) is 8.85. The number of aromatic nitrogens is 1. The highest BCUT2D eigenvalue weighted by Gasteiger charge is 2.15. The van der Waals surface area contributed by atoms with E-state index in [0.29, 0.717) is 6.42 Å². The van der Waals surface area contributed by atoms with Gasteiger partial charge in [0.25, 0.3) is 0 Å². The van der Waals surface area contributed by atoms with E-state index in [4.69, 9.17) is 10.8 Å². The summed E-state index contributed by atoms with van der Waals surface area (Å²) in [5, 5.41) is 8.73.